The molecule has 0 heterocycles. The summed E-state index contributed by atoms with van der Waals surface area (Å²) in [4.78, 5) is 11.2. The van der Waals surface area contributed by atoms with Gasteiger partial charge in [0.15, 0.2) is 0 Å². The van der Waals surface area contributed by atoms with Crippen LogP contribution in [0.2, 0.25) is 0 Å². The van der Waals surface area contributed by atoms with Crippen molar-refractivity contribution < 1.29 is 9.53 Å². The molecule has 1 N–H and O–H groups in total. The minimum absolute atomic E-state index is 0.0793. The van der Waals surface area contributed by atoms with Gasteiger partial charge < -0.3 is 4.74 Å². The standard InChI is InChI=1S/C8H13NO2/c1-11-7(10)8(4-5-8)9-6-2-3-6/h6,9H,2-5H2,1H3. The third-order valence-electron chi connectivity index (χ3n) is 2.38. The van der Waals surface area contributed by atoms with Crippen LogP contribution in [0.1, 0.15) is 25.7 Å². The predicted molar refractivity (Wildman–Crippen MR) is 40.1 cm³/mol. The van der Waals surface area contributed by atoms with Crippen molar-refractivity contribution in [3.8, 4) is 0 Å². The van der Waals surface area contributed by atoms with Gasteiger partial charge in [-0.05, 0) is 25.7 Å². The Morgan fingerprint density at radius 1 is 1.55 bits per heavy atom. The molecule has 0 aromatic carbocycles. The normalized spacial score (nSPS) is 26.3. The Morgan fingerprint density at radius 3 is 2.55 bits per heavy atom. The lowest BCUT2D eigenvalue weighted by molar-refractivity contribution is -0.144. The molecule has 0 bridgehead atoms. The second-order valence-electron chi connectivity index (χ2n) is 3.49. The van der Waals surface area contributed by atoms with Crippen LogP contribution in [0.25, 0.3) is 0 Å². The van der Waals surface area contributed by atoms with Gasteiger partial charge in [0.2, 0.25) is 0 Å². The molecule has 0 radical (unpaired) electrons. The molecule has 0 spiro atoms. The van der Waals surface area contributed by atoms with Crippen LogP contribution in [0.3, 0.4) is 0 Å². The van der Waals surface area contributed by atoms with Gasteiger partial charge in [-0.2, -0.15) is 0 Å². The van der Waals surface area contributed by atoms with Crippen molar-refractivity contribution in [3.63, 3.8) is 0 Å². The molecule has 0 aromatic heterocycles. The van der Waals surface area contributed by atoms with E-state index < -0.39 is 0 Å². The number of rotatable bonds is 3. The second kappa shape index (κ2) is 2.21. The lowest BCUT2D eigenvalue weighted by atomic mass is 10.3. The summed E-state index contributed by atoms with van der Waals surface area (Å²) in [5.41, 5.74) is -0.268. The highest BCUT2D eigenvalue weighted by molar-refractivity contribution is 5.84. The fraction of sp³-hybridized carbons (Fsp3) is 0.875. The Labute approximate surface area is 66.1 Å². The van der Waals surface area contributed by atoms with Crippen molar-refractivity contribution in [1.29, 1.82) is 0 Å². The van der Waals surface area contributed by atoms with Crippen LogP contribution in [0, 0.1) is 0 Å². The van der Waals surface area contributed by atoms with Crippen LogP contribution >= 0.6 is 0 Å². The maximum atomic E-state index is 11.2. The van der Waals surface area contributed by atoms with E-state index >= 15 is 0 Å². The van der Waals surface area contributed by atoms with Gasteiger partial charge in [0.25, 0.3) is 0 Å². The van der Waals surface area contributed by atoms with Crippen LogP contribution < -0.4 is 5.32 Å². The lowest BCUT2D eigenvalue weighted by Crippen LogP contribution is -2.41. The average Bonchev–Trinajstić information content (AvgIpc) is 2.85. The number of carbonyl (C=O) groups is 1. The molecule has 62 valence electrons. The van der Waals surface area contributed by atoms with Gasteiger partial charge in [0.05, 0.1) is 7.11 Å². The third-order valence-corrected chi connectivity index (χ3v) is 2.38. The van der Waals surface area contributed by atoms with Crippen LogP contribution in [-0.2, 0) is 9.53 Å². The molecule has 11 heavy (non-hydrogen) atoms. The summed E-state index contributed by atoms with van der Waals surface area (Å²) in [5, 5.41) is 3.32. The molecule has 2 aliphatic rings. The first-order chi connectivity index (χ1) is 5.27. The number of methoxy groups -OCH3 is 1. The maximum Gasteiger partial charge on any atom is 0.326 e. The Hall–Kier alpha value is -0.570. The molecule has 0 aliphatic heterocycles. The first kappa shape index (κ1) is 7.10. The first-order valence-electron chi connectivity index (χ1n) is 4.13. The van der Waals surface area contributed by atoms with Gasteiger partial charge in [-0.25, -0.2) is 0 Å². The molecular weight excluding hydrogens is 142 g/mol. The summed E-state index contributed by atoms with van der Waals surface area (Å²) in [7, 11) is 1.46. The Bertz CT molecular complexity index is 183. The van der Waals surface area contributed by atoms with Crippen molar-refractivity contribution in [1.82, 2.24) is 5.32 Å². The SMILES string of the molecule is COC(=O)C1(NC2CC2)CC1. The first-order valence-corrected chi connectivity index (χ1v) is 4.13. The summed E-state index contributed by atoms with van der Waals surface area (Å²) < 4.78 is 4.70. The van der Waals surface area contributed by atoms with E-state index in [4.69, 9.17) is 4.74 Å². The minimum atomic E-state index is -0.268. The fourth-order valence-electron chi connectivity index (χ4n) is 1.35. The number of ether oxygens (including phenoxy) is 1. The van der Waals surface area contributed by atoms with Crippen molar-refractivity contribution in [2.75, 3.05) is 7.11 Å². The molecule has 0 saturated heterocycles. The summed E-state index contributed by atoms with van der Waals surface area (Å²) in [6, 6.07) is 0.594. The van der Waals surface area contributed by atoms with Crippen molar-refractivity contribution >= 4 is 5.97 Å². The predicted octanol–water partition coefficient (Wildman–Crippen LogP) is 0.444. The summed E-state index contributed by atoms with van der Waals surface area (Å²) in [5.74, 6) is -0.0793. The Morgan fingerprint density at radius 2 is 2.18 bits per heavy atom. The van der Waals surface area contributed by atoms with E-state index in [0.717, 1.165) is 12.8 Å². The zero-order valence-corrected chi connectivity index (χ0v) is 6.72. The highest BCUT2D eigenvalue weighted by Gasteiger charge is 2.53. The van der Waals surface area contributed by atoms with Crippen molar-refractivity contribution in [3.05, 3.63) is 0 Å². The number of carbonyl (C=O) groups excluding carboxylic acids is 1. The summed E-state index contributed by atoms with van der Waals surface area (Å²) in [6.07, 6.45) is 4.35. The van der Waals surface area contributed by atoms with E-state index in [0.29, 0.717) is 6.04 Å². The zero-order chi connectivity index (χ0) is 7.90. The van der Waals surface area contributed by atoms with Gasteiger partial charge in [-0.15, -0.1) is 0 Å². The lowest BCUT2D eigenvalue weighted by Gasteiger charge is -2.13. The Balaban J connectivity index is 1.91. The molecule has 0 atom stereocenters. The second-order valence-corrected chi connectivity index (χ2v) is 3.49. The quantitative estimate of drug-likeness (QED) is 0.601. The fourth-order valence-corrected chi connectivity index (χ4v) is 1.35. The van der Waals surface area contributed by atoms with Crippen LogP contribution in [0.15, 0.2) is 0 Å². The van der Waals surface area contributed by atoms with E-state index in [1.165, 1.54) is 20.0 Å². The number of esters is 1. The molecule has 2 saturated carbocycles. The summed E-state index contributed by atoms with van der Waals surface area (Å²) >= 11 is 0. The molecule has 3 nitrogen and oxygen atoms in total. The van der Waals surface area contributed by atoms with Crippen LogP contribution in [-0.4, -0.2) is 24.7 Å². The molecular formula is C8H13NO2. The molecule has 2 fully saturated rings. The van der Waals surface area contributed by atoms with Gasteiger partial charge in [-0.1, -0.05) is 0 Å². The molecule has 2 aliphatic carbocycles. The minimum Gasteiger partial charge on any atom is -0.468 e. The van der Waals surface area contributed by atoms with Crippen molar-refractivity contribution in [2.24, 2.45) is 0 Å². The number of nitrogens with one attached hydrogen (secondary N) is 1. The third kappa shape index (κ3) is 1.25. The Kier molecular flexibility index (Phi) is 1.42. The zero-order valence-electron chi connectivity index (χ0n) is 6.72. The molecule has 0 unspecified atom stereocenters. The highest BCUT2D eigenvalue weighted by atomic mass is 16.5. The molecule has 0 amide bonds. The van der Waals surface area contributed by atoms with Gasteiger partial charge in [0, 0.05) is 6.04 Å². The number of hydrogen-bond acceptors (Lipinski definition) is 3. The average molecular weight is 155 g/mol. The van der Waals surface area contributed by atoms with E-state index in [-0.39, 0.29) is 11.5 Å². The van der Waals surface area contributed by atoms with Gasteiger partial charge >= 0.3 is 5.97 Å². The number of hydrogen-bond donors (Lipinski definition) is 1. The van der Waals surface area contributed by atoms with Crippen LogP contribution in [0.4, 0.5) is 0 Å². The molecule has 0 aromatic rings. The molecule has 2 rings (SSSR count). The monoisotopic (exact) mass is 155 g/mol. The van der Waals surface area contributed by atoms with E-state index in [1.54, 1.807) is 0 Å². The van der Waals surface area contributed by atoms with Gasteiger partial charge in [0.1, 0.15) is 5.54 Å². The molecule has 3 heteroatoms. The van der Waals surface area contributed by atoms with Gasteiger partial charge in [-0.3, -0.25) is 10.1 Å². The largest absolute Gasteiger partial charge is 0.468 e. The highest BCUT2D eigenvalue weighted by Crippen LogP contribution is 2.39. The van der Waals surface area contributed by atoms with Crippen LogP contribution in [0.5, 0.6) is 0 Å². The van der Waals surface area contributed by atoms with Crippen molar-refractivity contribution in [2.45, 2.75) is 37.3 Å². The van der Waals surface area contributed by atoms with E-state index in [1.807, 2.05) is 0 Å². The smallest absolute Gasteiger partial charge is 0.326 e. The summed E-state index contributed by atoms with van der Waals surface area (Å²) in [6.45, 7) is 0. The van der Waals surface area contributed by atoms with E-state index in [9.17, 15) is 4.79 Å². The maximum absolute atomic E-state index is 11.2. The topological polar surface area (TPSA) is 38.3 Å². The van der Waals surface area contributed by atoms with E-state index in [2.05, 4.69) is 5.32 Å².